The van der Waals surface area contributed by atoms with Gasteiger partial charge in [0.2, 0.25) is 5.91 Å². The van der Waals surface area contributed by atoms with Gasteiger partial charge in [-0.2, -0.15) is 0 Å². The van der Waals surface area contributed by atoms with Gasteiger partial charge in [0.1, 0.15) is 5.75 Å². The van der Waals surface area contributed by atoms with Crippen LogP contribution in [-0.4, -0.2) is 32.3 Å². The van der Waals surface area contributed by atoms with Crippen LogP contribution in [0, 0.1) is 12.3 Å². The molecule has 5 heteroatoms. The number of aryl methyl sites for hydroxylation is 1. The fourth-order valence-corrected chi connectivity index (χ4v) is 2.80. The van der Waals surface area contributed by atoms with Crippen molar-refractivity contribution in [1.29, 1.82) is 0 Å². The smallest absolute Gasteiger partial charge is 0.227 e. The van der Waals surface area contributed by atoms with Gasteiger partial charge in [-0.25, -0.2) is 0 Å². The lowest BCUT2D eigenvalue weighted by molar-refractivity contribution is -0.136. The predicted octanol–water partition coefficient (Wildman–Crippen LogP) is 2.16. The highest BCUT2D eigenvalue weighted by Gasteiger charge is 2.38. The maximum Gasteiger partial charge on any atom is 0.227 e. The minimum atomic E-state index is -0.493. The van der Waals surface area contributed by atoms with Gasteiger partial charge in [0, 0.05) is 31.9 Å². The lowest BCUT2D eigenvalue weighted by Crippen LogP contribution is -2.49. The summed E-state index contributed by atoms with van der Waals surface area (Å²) in [5.74, 6) is 0.867. The monoisotopic (exact) mass is 320 g/mol. The highest BCUT2D eigenvalue weighted by Crippen LogP contribution is 2.30. The standard InChI is InChI=1S/C18H28N2O3/c1-3-8-23-16-11-14(2)4-5-15(16)12-20-17(21)18(13-19)6-9-22-10-7-18/h4-5,11H,3,6-10,12-13,19H2,1-2H3,(H,20,21). The number of carbonyl (C=O) groups excluding carboxylic acids is 1. The topological polar surface area (TPSA) is 73.6 Å². The van der Waals surface area contributed by atoms with Gasteiger partial charge in [0.05, 0.1) is 12.0 Å². The number of carbonyl (C=O) groups is 1. The number of benzene rings is 1. The molecule has 128 valence electrons. The molecular weight excluding hydrogens is 292 g/mol. The van der Waals surface area contributed by atoms with E-state index in [0.717, 1.165) is 23.3 Å². The van der Waals surface area contributed by atoms with Crippen molar-refractivity contribution >= 4 is 5.91 Å². The highest BCUT2D eigenvalue weighted by molar-refractivity contribution is 5.83. The molecule has 0 atom stereocenters. The van der Waals surface area contributed by atoms with Crippen molar-refractivity contribution in [1.82, 2.24) is 5.32 Å². The molecule has 1 saturated heterocycles. The molecule has 0 unspecified atom stereocenters. The summed E-state index contributed by atoms with van der Waals surface area (Å²) in [6.07, 6.45) is 2.32. The molecule has 0 aliphatic carbocycles. The fourth-order valence-electron chi connectivity index (χ4n) is 2.80. The molecule has 1 amide bonds. The summed E-state index contributed by atoms with van der Waals surface area (Å²) in [4.78, 5) is 12.6. The van der Waals surface area contributed by atoms with Crippen molar-refractivity contribution in [2.24, 2.45) is 11.1 Å². The van der Waals surface area contributed by atoms with Gasteiger partial charge in [0.15, 0.2) is 0 Å². The second-order valence-corrected chi connectivity index (χ2v) is 6.24. The summed E-state index contributed by atoms with van der Waals surface area (Å²) in [7, 11) is 0. The molecule has 1 heterocycles. The van der Waals surface area contributed by atoms with Crippen LogP contribution in [0.4, 0.5) is 0 Å². The highest BCUT2D eigenvalue weighted by atomic mass is 16.5. The maximum absolute atomic E-state index is 12.6. The molecule has 1 aliphatic rings. The zero-order valence-corrected chi connectivity index (χ0v) is 14.2. The number of nitrogens with two attached hydrogens (primary N) is 1. The van der Waals surface area contributed by atoms with Crippen molar-refractivity contribution in [3.05, 3.63) is 29.3 Å². The Bertz CT molecular complexity index is 525. The molecule has 1 aliphatic heterocycles. The number of amides is 1. The first-order chi connectivity index (χ1) is 11.1. The zero-order chi connectivity index (χ0) is 16.7. The Kier molecular flexibility index (Phi) is 6.42. The Hall–Kier alpha value is -1.59. The first-order valence-electron chi connectivity index (χ1n) is 8.40. The number of rotatable bonds is 7. The van der Waals surface area contributed by atoms with E-state index in [2.05, 4.69) is 12.2 Å². The molecule has 0 spiro atoms. The third kappa shape index (κ3) is 4.45. The van der Waals surface area contributed by atoms with Crippen LogP contribution in [-0.2, 0) is 16.1 Å². The molecule has 1 fully saturated rings. The first kappa shape index (κ1) is 17.8. The first-order valence-corrected chi connectivity index (χ1v) is 8.40. The molecule has 2 rings (SSSR count). The van der Waals surface area contributed by atoms with E-state index in [1.807, 2.05) is 25.1 Å². The second kappa shape index (κ2) is 8.31. The van der Waals surface area contributed by atoms with Crippen LogP contribution in [0.25, 0.3) is 0 Å². The van der Waals surface area contributed by atoms with Gasteiger partial charge < -0.3 is 20.5 Å². The van der Waals surface area contributed by atoms with Crippen LogP contribution in [0.5, 0.6) is 5.75 Å². The molecule has 1 aromatic rings. The summed E-state index contributed by atoms with van der Waals surface area (Å²) in [6.45, 7) is 6.80. The largest absolute Gasteiger partial charge is 0.493 e. The third-order valence-corrected chi connectivity index (χ3v) is 4.45. The van der Waals surface area contributed by atoms with Crippen LogP contribution < -0.4 is 15.8 Å². The average molecular weight is 320 g/mol. The summed E-state index contributed by atoms with van der Waals surface area (Å²) < 4.78 is 11.2. The average Bonchev–Trinajstić information content (AvgIpc) is 2.59. The number of hydrogen-bond acceptors (Lipinski definition) is 4. The van der Waals surface area contributed by atoms with E-state index < -0.39 is 5.41 Å². The Balaban J connectivity index is 2.03. The van der Waals surface area contributed by atoms with E-state index >= 15 is 0 Å². The van der Waals surface area contributed by atoms with Gasteiger partial charge in [0.25, 0.3) is 0 Å². The van der Waals surface area contributed by atoms with E-state index in [9.17, 15) is 4.79 Å². The molecule has 0 saturated carbocycles. The molecule has 1 aromatic carbocycles. The van der Waals surface area contributed by atoms with Gasteiger partial charge in [-0.15, -0.1) is 0 Å². The van der Waals surface area contributed by atoms with Crippen molar-refractivity contribution in [2.75, 3.05) is 26.4 Å². The Morgan fingerprint density at radius 1 is 1.39 bits per heavy atom. The summed E-state index contributed by atoms with van der Waals surface area (Å²) in [5.41, 5.74) is 7.53. The Morgan fingerprint density at radius 2 is 2.13 bits per heavy atom. The maximum atomic E-state index is 12.6. The zero-order valence-electron chi connectivity index (χ0n) is 14.2. The molecule has 23 heavy (non-hydrogen) atoms. The summed E-state index contributed by atoms with van der Waals surface area (Å²) in [6, 6.07) is 6.07. The predicted molar refractivity (Wildman–Crippen MR) is 90.4 cm³/mol. The molecule has 0 bridgehead atoms. The normalized spacial score (nSPS) is 16.8. The van der Waals surface area contributed by atoms with Crippen LogP contribution in [0.3, 0.4) is 0 Å². The number of nitrogens with one attached hydrogen (secondary N) is 1. The molecule has 5 nitrogen and oxygen atoms in total. The fraction of sp³-hybridized carbons (Fsp3) is 0.611. The van der Waals surface area contributed by atoms with E-state index in [1.165, 1.54) is 0 Å². The van der Waals surface area contributed by atoms with E-state index in [-0.39, 0.29) is 5.91 Å². The lowest BCUT2D eigenvalue weighted by Gasteiger charge is -2.34. The minimum absolute atomic E-state index is 0.0188. The van der Waals surface area contributed by atoms with Crippen LogP contribution in [0.15, 0.2) is 18.2 Å². The van der Waals surface area contributed by atoms with Gasteiger partial charge in [-0.05, 0) is 37.8 Å². The SMILES string of the molecule is CCCOc1cc(C)ccc1CNC(=O)C1(CN)CCOCC1. The second-order valence-electron chi connectivity index (χ2n) is 6.24. The third-order valence-electron chi connectivity index (χ3n) is 4.45. The Morgan fingerprint density at radius 3 is 2.78 bits per heavy atom. The minimum Gasteiger partial charge on any atom is -0.493 e. The van der Waals surface area contributed by atoms with Crippen molar-refractivity contribution in [2.45, 2.75) is 39.7 Å². The van der Waals surface area contributed by atoms with Crippen LogP contribution in [0.1, 0.15) is 37.3 Å². The molecular formula is C18H28N2O3. The molecule has 3 N–H and O–H groups in total. The van der Waals surface area contributed by atoms with E-state index in [4.69, 9.17) is 15.2 Å². The summed E-state index contributed by atoms with van der Waals surface area (Å²) >= 11 is 0. The quantitative estimate of drug-likeness (QED) is 0.807. The van der Waals surface area contributed by atoms with E-state index in [0.29, 0.717) is 45.8 Å². The number of ether oxygens (including phenoxy) is 2. The van der Waals surface area contributed by atoms with Crippen LogP contribution in [0.2, 0.25) is 0 Å². The Labute approximate surface area is 138 Å². The van der Waals surface area contributed by atoms with Gasteiger partial charge in [-0.1, -0.05) is 19.1 Å². The summed E-state index contributed by atoms with van der Waals surface area (Å²) in [5, 5.41) is 3.04. The van der Waals surface area contributed by atoms with Gasteiger partial charge >= 0.3 is 0 Å². The lowest BCUT2D eigenvalue weighted by atomic mass is 9.79. The van der Waals surface area contributed by atoms with Crippen LogP contribution >= 0.6 is 0 Å². The van der Waals surface area contributed by atoms with Crippen molar-refractivity contribution in [3.63, 3.8) is 0 Å². The number of hydrogen-bond donors (Lipinski definition) is 2. The van der Waals surface area contributed by atoms with Crippen molar-refractivity contribution < 1.29 is 14.3 Å². The van der Waals surface area contributed by atoms with Crippen molar-refractivity contribution in [3.8, 4) is 5.75 Å². The van der Waals surface area contributed by atoms with Gasteiger partial charge in [-0.3, -0.25) is 4.79 Å². The molecule has 0 aromatic heterocycles. The van der Waals surface area contributed by atoms with E-state index in [1.54, 1.807) is 0 Å². The molecule has 0 radical (unpaired) electrons.